The Hall–Kier alpha value is -2.91. The number of methoxy groups -OCH3 is 1. The van der Waals surface area contributed by atoms with Crippen molar-refractivity contribution in [2.24, 2.45) is 11.8 Å². The molecule has 1 heterocycles. The maximum absolute atomic E-state index is 13.4. The second kappa shape index (κ2) is 11.0. The first-order chi connectivity index (χ1) is 16.1. The SMILES string of the molecule is COc1ccc(C(=O)OCCOc2ccccc2C(C)=O)cc1S(=O)(=O)N1CC(C)CC(C)C1. The lowest BCUT2D eigenvalue weighted by Gasteiger charge is -2.34. The number of ether oxygens (including phenoxy) is 3. The number of carbonyl (C=O) groups excluding carboxylic acids is 2. The van der Waals surface area contributed by atoms with Gasteiger partial charge in [-0.1, -0.05) is 26.0 Å². The average molecular weight is 490 g/mol. The van der Waals surface area contributed by atoms with Crippen LogP contribution in [0.4, 0.5) is 0 Å². The van der Waals surface area contributed by atoms with E-state index in [1.165, 1.54) is 36.5 Å². The number of hydrogen-bond donors (Lipinski definition) is 0. The van der Waals surface area contributed by atoms with Gasteiger partial charge in [0.05, 0.1) is 18.2 Å². The average Bonchev–Trinajstić information content (AvgIpc) is 2.80. The third kappa shape index (κ3) is 5.95. The second-order valence-corrected chi connectivity index (χ2v) is 10.6. The number of benzene rings is 2. The molecule has 3 rings (SSSR count). The van der Waals surface area contributed by atoms with E-state index in [-0.39, 0.29) is 47.0 Å². The molecule has 184 valence electrons. The van der Waals surface area contributed by atoms with Crippen LogP contribution in [-0.2, 0) is 14.8 Å². The third-order valence-corrected chi connectivity index (χ3v) is 7.55. The number of Topliss-reactive ketones (excluding diaryl/α,β-unsaturated/α-hetero) is 1. The Labute approximate surface area is 200 Å². The zero-order chi connectivity index (χ0) is 24.9. The quantitative estimate of drug-likeness (QED) is 0.300. The fourth-order valence-corrected chi connectivity index (χ4v) is 6.06. The molecule has 0 aliphatic carbocycles. The Morgan fingerprint density at radius 2 is 1.68 bits per heavy atom. The summed E-state index contributed by atoms with van der Waals surface area (Å²) in [6, 6.07) is 11.0. The molecule has 2 unspecified atom stereocenters. The van der Waals surface area contributed by atoms with Crippen LogP contribution < -0.4 is 9.47 Å². The van der Waals surface area contributed by atoms with Crippen LogP contribution in [0.25, 0.3) is 0 Å². The van der Waals surface area contributed by atoms with Crippen molar-refractivity contribution in [1.82, 2.24) is 4.31 Å². The highest BCUT2D eigenvalue weighted by molar-refractivity contribution is 7.89. The fourth-order valence-electron chi connectivity index (χ4n) is 4.20. The van der Waals surface area contributed by atoms with Crippen molar-refractivity contribution in [3.05, 3.63) is 53.6 Å². The highest BCUT2D eigenvalue weighted by Gasteiger charge is 2.34. The van der Waals surface area contributed by atoms with Crippen molar-refractivity contribution < 1.29 is 32.2 Å². The Morgan fingerprint density at radius 1 is 1.00 bits per heavy atom. The van der Waals surface area contributed by atoms with E-state index in [1.54, 1.807) is 24.3 Å². The molecule has 0 saturated carbocycles. The molecule has 0 aromatic heterocycles. The van der Waals surface area contributed by atoms with E-state index in [0.717, 1.165) is 6.42 Å². The van der Waals surface area contributed by atoms with Gasteiger partial charge < -0.3 is 14.2 Å². The first-order valence-electron chi connectivity index (χ1n) is 11.2. The van der Waals surface area contributed by atoms with Gasteiger partial charge in [-0.15, -0.1) is 0 Å². The minimum Gasteiger partial charge on any atom is -0.495 e. The summed E-state index contributed by atoms with van der Waals surface area (Å²) >= 11 is 0. The molecule has 1 fully saturated rings. The Morgan fingerprint density at radius 3 is 2.32 bits per heavy atom. The van der Waals surface area contributed by atoms with Crippen molar-refractivity contribution in [3.8, 4) is 11.5 Å². The lowest BCUT2D eigenvalue weighted by molar-refractivity contribution is 0.0449. The number of sulfonamides is 1. The van der Waals surface area contributed by atoms with E-state index >= 15 is 0 Å². The van der Waals surface area contributed by atoms with Crippen LogP contribution in [-0.4, -0.2) is 57.9 Å². The molecular formula is C25H31NO7S. The predicted molar refractivity (Wildman–Crippen MR) is 127 cm³/mol. The van der Waals surface area contributed by atoms with E-state index < -0.39 is 16.0 Å². The van der Waals surface area contributed by atoms with Crippen LogP contribution in [0.1, 0.15) is 47.9 Å². The monoisotopic (exact) mass is 489 g/mol. The van der Waals surface area contributed by atoms with Gasteiger partial charge in [-0.3, -0.25) is 4.79 Å². The number of para-hydroxylation sites is 1. The zero-order valence-electron chi connectivity index (χ0n) is 19.9. The predicted octanol–water partition coefficient (Wildman–Crippen LogP) is 3.80. The molecular weight excluding hydrogens is 458 g/mol. The van der Waals surface area contributed by atoms with Crippen LogP contribution in [0.2, 0.25) is 0 Å². The standard InChI is InChI=1S/C25H31NO7S/c1-17-13-18(2)16-26(15-17)34(29,30)24-14-20(9-10-23(24)31-4)25(28)33-12-11-32-22-8-6-5-7-21(22)19(3)27/h5-10,14,17-18H,11-13,15-16H2,1-4H3. The lowest BCUT2D eigenvalue weighted by Crippen LogP contribution is -2.42. The molecule has 2 atom stereocenters. The lowest BCUT2D eigenvalue weighted by atomic mass is 9.94. The van der Waals surface area contributed by atoms with Gasteiger partial charge in [0.25, 0.3) is 0 Å². The normalized spacial score (nSPS) is 18.8. The van der Waals surface area contributed by atoms with Gasteiger partial charge in [0, 0.05) is 13.1 Å². The van der Waals surface area contributed by atoms with Crippen molar-refractivity contribution >= 4 is 21.8 Å². The van der Waals surface area contributed by atoms with E-state index in [0.29, 0.717) is 24.4 Å². The van der Waals surface area contributed by atoms with Crippen LogP contribution in [0, 0.1) is 11.8 Å². The molecule has 2 aromatic carbocycles. The molecule has 1 saturated heterocycles. The Balaban J connectivity index is 1.70. The highest BCUT2D eigenvalue weighted by atomic mass is 32.2. The van der Waals surface area contributed by atoms with E-state index in [4.69, 9.17) is 14.2 Å². The van der Waals surface area contributed by atoms with Crippen LogP contribution in [0.3, 0.4) is 0 Å². The first-order valence-corrected chi connectivity index (χ1v) is 12.7. The molecule has 9 heteroatoms. The number of ketones is 1. The summed E-state index contributed by atoms with van der Waals surface area (Å²) in [5.74, 6) is 0.261. The molecule has 0 amide bonds. The van der Waals surface area contributed by atoms with Gasteiger partial charge >= 0.3 is 5.97 Å². The van der Waals surface area contributed by atoms with Gasteiger partial charge in [-0.2, -0.15) is 4.31 Å². The number of esters is 1. The Kier molecular flexibility index (Phi) is 8.33. The summed E-state index contributed by atoms with van der Waals surface area (Å²) in [6.07, 6.45) is 0.967. The van der Waals surface area contributed by atoms with Gasteiger partial charge in [0.2, 0.25) is 10.0 Å². The van der Waals surface area contributed by atoms with Crippen LogP contribution in [0.15, 0.2) is 47.4 Å². The minimum atomic E-state index is -3.86. The van der Waals surface area contributed by atoms with Crippen LogP contribution >= 0.6 is 0 Å². The molecule has 0 N–H and O–H groups in total. The van der Waals surface area contributed by atoms with E-state index in [9.17, 15) is 18.0 Å². The Bertz CT molecular complexity index is 1140. The number of carbonyl (C=O) groups is 2. The summed E-state index contributed by atoms with van der Waals surface area (Å²) in [4.78, 5) is 24.2. The van der Waals surface area contributed by atoms with Gasteiger partial charge in [0.1, 0.15) is 29.6 Å². The number of nitrogens with zero attached hydrogens (tertiary/aromatic N) is 1. The van der Waals surface area contributed by atoms with Crippen molar-refractivity contribution in [3.63, 3.8) is 0 Å². The molecule has 0 radical (unpaired) electrons. The number of piperidine rings is 1. The van der Waals surface area contributed by atoms with Crippen LogP contribution in [0.5, 0.6) is 11.5 Å². The first kappa shape index (κ1) is 25.7. The summed E-state index contributed by atoms with van der Waals surface area (Å²) in [5.41, 5.74) is 0.543. The molecule has 8 nitrogen and oxygen atoms in total. The van der Waals surface area contributed by atoms with Gasteiger partial charge in [-0.25, -0.2) is 13.2 Å². The highest BCUT2D eigenvalue weighted by Crippen LogP contribution is 2.32. The summed E-state index contributed by atoms with van der Waals surface area (Å²) in [7, 11) is -2.46. The van der Waals surface area contributed by atoms with E-state index in [1.807, 2.05) is 13.8 Å². The largest absolute Gasteiger partial charge is 0.495 e. The van der Waals surface area contributed by atoms with Crippen molar-refractivity contribution in [1.29, 1.82) is 0 Å². The minimum absolute atomic E-state index is 0.0426. The molecule has 34 heavy (non-hydrogen) atoms. The summed E-state index contributed by atoms with van der Waals surface area (Å²) in [6.45, 7) is 6.32. The zero-order valence-corrected chi connectivity index (χ0v) is 20.8. The molecule has 0 bridgehead atoms. The van der Waals surface area contributed by atoms with E-state index in [2.05, 4.69) is 0 Å². The molecule has 0 spiro atoms. The molecule has 1 aliphatic heterocycles. The summed E-state index contributed by atoms with van der Waals surface area (Å²) in [5, 5.41) is 0. The maximum atomic E-state index is 13.4. The number of rotatable bonds is 9. The maximum Gasteiger partial charge on any atom is 0.338 e. The van der Waals surface area contributed by atoms with Gasteiger partial charge in [-0.05, 0) is 55.5 Å². The second-order valence-electron chi connectivity index (χ2n) is 8.67. The van der Waals surface area contributed by atoms with Crippen molar-refractivity contribution in [2.75, 3.05) is 33.4 Å². The number of hydrogen-bond acceptors (Lipinski definition) is 7. The van der Waals surface area contributed by atoms with Gasteiger partial charge in [0.15, 0.2) is 5.78 Å². The smallest absolute Gasteiger partial charge is 0.338 e. The molecule has 1 aliphatic rings. The molecule has 2 aromatic rings. The third-order valence-electron chi connectivity index (χ3n) is 5.69. The fraction of sp³-hybridized carbons (Fsp3) is 0.440. The summed E-state index contributed by atoms with van der Waals surface area (Å²) < 4.78 is 44.4. The topological polar surface area (TPSA) is 99.2 Å². The van der Waals surface area contributed by atoms with Crippen molar-refractivity contribution in [2.45, 2.75) is 32.1 Å².